The average Bonchev–Trinajstić information content (AvgIpc) is 3.96. The van der Waals surface area contributed by atoms with Crippen LogP contribution in [0, 0.1) is 0 Å². The van der Waals surface area contributed by atoms with E-state index >= 15 is 0 Å². The van der Waals surface area contributed by atoms with Crippen molar-refractivity contribution in [3.05, 3.63) is 182 Å². The van der Waals surface area contributed by atoms with Gasteiger partial charge in [-0.3, -0.25) is 0 Å². The molecule has 4 heterocycles. The van der Waals surface area contributed by atoms with E-state index in [1.807, 2.05) is 12.1 Å². The summed E-state index contributed by atoms with van der Waals surface area (Å²) in [6.45, 7) is 0. The normalized spacial score (nSPS) is 12.1. The van der Waals surface area contributed by atoms with Gasteiger partial charge in [0.15, 0.2) is 17.5 Å². The van der Waals surface area contributed by atoms with Crippen LogP contribution in [0.2, 0.25) is 0 Å². The van der Waals surface area contributed by atoms with E-state index in [2.05, 4.69) is 174 Å². The van der Waals surface area contributed by atoms with E-state index in [0.717, 1.165) is 70.8 Å². The second-order valence-electron chi connectivity index (χ2n) is 15.1. The van der Waals surface area contributed by atoms with Crippen LogP contribution in [-0.2, 0) is 0 Å². The van der Waals surface area contributed by atoms with Gasteiger partial charge in [-0.2, -0.15) is 0 Å². The SMILES string of the molecule is c1ccc2cc3c(cc2c1)c1ccccc1n3-c1cc2oc3ccccc3c2cc1-c1nc(-c2cccc3ccccc23)nc(-c2cccc3c2sc2ccccc23)n1. The van der Waals surface area contributed by atoms with Gasteiger partial charge in [-0.25, -0.2) is 15.0 Å². The molecule has 0 saturated carbocycles. The van der Waals surface area contributed by atoms with E-state index < -0.39 is 0 Å². The highest BCUT2D eigenvalue weighted by atomic mass is 32.1. The maximum Gasteiger partial charge on any atom is 0.166 e. The standard InChI is InChI=1S/C53H30N4OS/c1-2-15-33-28-45-41(27-32(33)14-1)35-18-5-8-24-44(35)57(45)46-30-48-42(36-19-6-9-25-47(36)58-48)29-43(46)53-55-51(39-22-11-16-31-13-3-4-17-34(31)39)54-52(56-53)40-23-12-21-38-37-20-7-10-26-49(37)59-50(38)40/h1-30H. The zero-order valence-electron chi connectivity index (χ0n) is 31.4. The first-order valence-electron chi connectivity index (χ1n) is 19.8. The summed E-state index contributed by atoms with van der Waals surface area (Å²) in [5, 5.41) is 11.4. The molecule has 0 fully saturated rings. The highest BCUT2D eigenvalue weighted by Gasteiger charge is 2.24. The zero-order chi connectivity index (χ0) is 38.6. The minimum Gasteiger partial charge on any atom is -0.456 e. The van der Waals surface area contributed by atoms with Crippen LogP contribution in [0.15, 0.2) is 186 Å². The lowest BCUT2D eigenvalue weighted by molar-refractivity contribution is 0.668. The third-order valence-corrected chi connectivity index (χ3v) is 13.0. The number of rotatable bonds is 4. The summed E-state index contributed by atoms with van der Waals surface area (Å²) in [6.07, 6.45) is 0. The molecule has 0 amide bonds. The second-order valence-corrected chi connectivity index (χ2v) is 16.2. The van der Waals surface area contributed by atoms with Crippen molar-refractivity contribution in [3.63, 3.8) is 0 Å². The van der Waals surface area contributed by atoms with Crippen LogP contribution in [-0.4, -0.2) is 19.5 Å². The van der Waals surface area contributed by atoms with Gasteiger partial charge in [-0.05, 0) is 64.0 Å². The number of thiophene rings is 1. The van der Waals surface area contributed by atoms with Crippen molar-refractivity contribution in [1.82, 2.24) is 19.5 Å². The summed E-state index contributed by atoms with van der Waals surface area (Å²) in [6, 6.07) is 64.4. The number of furan rings is 1. The van der Waals surface area contributed by atoms with Crippen LogP contribution in [0.1, 0.15) is 0 Å². The lowest BCUT2D eigenvalue weighted by atomic mass is 10.0. The first-order valence-corrected chi connectivity index (χ1v) is 20.6. The molecular weight excluding hydrogens is 741 g/mol. The van der Waals surface area contributed by atoms with Crippen molar-refractivity contribution in [3.8, 4) is 39.9 Å². The Morgan fingerprint density at radius 1 is 0.373 bits per heavy atom. The molecule has 0 atom stereocenters. The smallest absolute Gasteiger partial charge is 0.166 e. The molecular formula is C53H30N4OS. The average molecular weight is 771 g/mol. The first kappa shape index (κ1) is 32.4. The zero-order valence-corrected chi connectivity index (χ0v) is 32.2. The molecule has 0 aliphatic rings. The lowest BCUT2D eigenvalue weighted by Gasteiger charge is -2.16. The van der Waals surface area contributed by atoms with Crippen LogP contribution in [0.5, 0.6) is 0 Å². The Morgan fingerprint density at radius 3 is 1.85 bits per heavy atom. The molecule has 0 bridgehead atoms. The maximum atomic E-state index is 6.62. The summed E-state index contributed by atoms with van der Waals surface area (Å²) in [5.41, 5.74) is 7.57. The Labute approximate surface area is 341 Å². The van der Waals surface area contributed by atoms with Crippen molar-refractivity contribution < 1.29 is 4.42 Å². The number of hydrogen-bond donors (Lipinski definition) is 0. The van der Waals surface area contributed by atoms with E-state index in [0.29, 0.717) is 17.5 Å². The molecule has 4 aromatic heterocycles. The van der Waals surface area contributed by atoms with E-state index in [-0.39, 0.29) is 0 Å². The van der Waals surface area contributed by atoms with Crippen molar-refractivity contribution in [2.75, 3.05) is 0 Å². The Balaban J connectivity index is 1.17. The molecule has 13 rings (SSSR count). The molecule has 0 saturated heterocycles. The summed E-state index contributed by atoms with van der Waals surface area (Å²) in [7, 11) is 0. The van der Waals surface area contributed by atoms with Crippen molar-refractivity contribution >= 4 is 96.8 Å². The lowest BCUT2D eigenvalue weighted by Crippen LogP contribution is -2.04. The summed E-state index contributed by atoms with van der Waals surface area (Å²) in [5.74, 6) is 1.84. The predicted molar refractivity (Wildman–Crippen MR) is 246 cm³/mol. The van der Waals surface area contributed by atoms with Gasteiger partial charge in [-0.15, -0.1) is 11.3 Å². The first-order chi connectivity index (χ1) is 29.2. The summed E-state index contributed by atoms with van der Waals surface area (Å²) in [4.78, 5) is 16.3. The number of para-hydroxylation sites is 2. The predicted octanol–water partition coefficient (Wildman–Crippen LogP) is 14.5. The molecule has 13 aromatic rings. The fraction of sp³-hybridized carbons (Fsp3) is 0. The molecule has 0 unspecified atom stereocenters. The van der Waals surface area contributed by atoms with E-state index in [9.17, 15) is 0 Å². The van der Waals surface area contributed by atoms with Crippen LogP contribution in [0.3, 0.4) is 0 Å². The van der Waals surface area contributed by atoms with Gasteiger partial charge < -0.3 is 8.98 Å². The quantitative estimate of drug-likeness (QED) is 0.179. The van der Waals surface area contributed by atoms with Crippen LogP contribution in [0.25, 0.3) is 125 Å². The van der Waals surface area contributed by atoms with E-state index in [4.69, 9.17) is 19.4 Å². The molecule has 0 radical (unpaired) electrons. The van der Waals surface area contributed by atoms with E-state index in [1.165, 1.54) is 37.0 Å². The highest BCUT2D eigenvalue weighted by molar-refractivity contribution is 7.26. The fourth-order valence-electron chi connectivity index (χ4n) is 9.12. The number of benzene rings is 9. The Morgan fingerprint density at radius 2 is 0.983 bits per heavy atom. The molecule has 274 valence electrons. The number of nitrogens with zero attached hydrogens (tertiary/aromatic N) is 4. The molecule has 0 N–H and O–H groups in total. The largest absolute Gasteiger partial charge is 0.456 e. The maximum absolute atomic E-state index is 6.62. The van der Waals surface area contributed by atoms with Crippen molar-refractivity contribution in [1.29, 1.82) is 0 Å². The van der Waals surface area contributed by atoms with Gasteiger partial charge in [0.05, 0.1) is 16.7 Å². The molecule has 59 heavy (non-hydrogen) atoms. The van der Waals surface area contributed by atoms with Crippen LogP contribution < -0.4 is 0 Å². The third kappa shape index (κ3) is 4.87. The summed E-state index contributed by atoms with van der Waals surface area (Å²) >= 11 is 1.78. The summed E-state index contributed by atoms with van der Waals surface area (Å²) < 4.78 is 11.4. The van der Waals surface area contributed by atoms with E-state index in [1.54, 1.807) is 11.3 Å². The van der Waals surface area contributed by atoms with Gasteiger partial charge in [0, 0.05) is 64.5 Å². The highest BCUT2D eigenvalue weighted by Crippen LogP contribution is 2.43. The topological polar surface area (TPSA) is 56.7 Å². The monoisotopic (exact) mass is 770 g/mol. The van der Waals surface area contributed by atoms with Gasteiger partial charge >= 0.3 is 0 Å². The Hall–Kier alpha value is -7.67. The van der Waals surface area contributed by atoms with Gasteiger partial charge in [0.1, 0.15) is 11.2 Å². The van der Waals surface area contributed by atoms with Crippen molar-refractivity contribution in [2.24, 2.45) is 0 Å². The molecule has 0 aliphatic heterocycles. The number of hydrogen-bond acceptors (Lipinski definition) is 5. The fourth-order valence-corrected chi connectivity index (χ4v) is 10.3. The van der Waals surface area contributed by atoms with Crippen LogP contribution in [0.4, 0.5) is 0 Å². The molecule has 9 aromatic carbocycles. The van der Waals surface area contributed by atoms with Crippen LogP contribution >= 0.6 is 11.3 Å². The molecule has 6 heteroatoms. The molecule has 0 spiro atoms. The van der Waals surface area contributed by atoms with Gasteiger partial charge in [0.25, 0.3) is 0 Å². The minimum atomic E-state index is 0.588. The second kappa shape index (κ2) is 12.4. The van der Waals surface area contributed by atoms with Gasteiger partial charge in [0.2, 0.25) is 0 Å². The van der Waals surface area contributed by atoms with Gasteiger partial charge in [-0.1, -0.05) is 133 Å². The molecule has 5 nitrogen and oxygen atoms in total. The number of aromatic nitrogens is 4. The third-order valence-electron chi connectivity index (χ3n) is 11.8. The minimum absolute atomic E-state index is 0.588. The number of fused-ring (bicyclic) bond motifs is 11. The van der Waals surface area contributed by atoms with Crippen molar-refractivity contribution in [2.45, 2.75) is 0 Å². The Kier molecular flexibility index (Phi) is 6.82. The Bertz CT molecular complexity index is 3870. The molecule has 0 aliphatic carbocycles.